The van der Waals surface area contributed by atoms with Crippen LogP contribution < -0.4 is 27.0 Å². The molecule has 7 rings (SSSR count). The Bertz CT molecular complexity index is 2530. The van der Waals surface area contributed by atoms with Crippen LogP contribution in [0.5, 0.6) is 0 Å². The largest absolute Gasteiger partial charge is 0.505 e. The second-order valence-electron chi connectivity index (χ2n) is 17.0. The number of hydrazine groups is 1. The number of ether oxygens (including phenoxy) is 1. The second-order valence-corrected chi connectivity index (χ2v) is 17.0. The number of nitrogens with two attached hydrogens (primary N) is 1. The molecule has 0 saturated carbocycles. The van der Waals surface area contributed by atoms with Crippen molar-refractivity contribution in [1.82, 2.24) is 19.5 Å². The van der Waals surface area contributed by atoms with Gasteiger partial charge in [0.05, 0.1) is 0 Å². The molecule has 3 N–H and O–H groups in total. The molecular formula is C50H60AuN6O4-2. The Balaban J connectivity index is 0.000000271. The minimum atomic E-state index is -0.625. The van der Waals surface area contributed by atoms with E-state index in [0.717, 1.165) is 33.6 Å². The maximum Gasteiger partial charge on any atom is 0.421 e. The molecule has 0 saturated heterocycles. The van der Waals surface area contributed by atoms with Crippen molar-refractivity contribution < 1.29 is 31.9 Å². The second kappa shape index (κ2) is 19.6. The summed E-state index contributed by atoms with van der Waals surface area (Å²) in [5.41, 5.74) is 13.3. The van der Waals surface area contributed by atoms with Crippen LogP contribution >= 0.6 is 0 Å². The summed E-state index contributed by atoms with van der Waals surface area (Å²) >= 11 is 0. The molecule has 0 aromatic heterocycles. The molecule has 1 aliphatic carbocycles. The normalized spacial score (nSPS) is 12.5. The van der Waals surface area contributed by atoms with Crippen LogP contribution in [-0.2, 0) is 27.1 Å². The van der Waals surface area contributed by atoms with E-state index < -0.39 is 6.09 Å². The van der Waals surface area contributed by atoms with Crippen molar-refractivity contribution in [1.29, 1.82) is 0 Å². The fraction of sp³-hybridized carbons (Fsp3) is 0.340. The summed E-state index contributed by atoms with van der Waals surface area (Å²) in [5, 5.41) is 1.83. The Morgan fingerprint density at radius 3 is 1.48 bits per heavy atom. The van der Waals surface area contributed by atoms with Crippen LogP contribution in [0.1, 0.15) is 118 Å². The first-order chi connectivity index (χ1) is 28.5. The third kappa shape index (κ3) is 9.48. The number of fused-ring (bicyclic) bond motifs is 1. The number of nitrogens with one attached hydrogen (secondary N) is 1. The number of nitrogens with zero attached hydrogens (tertiary/aromatic N) is 4. The topological polar surface area (TPSA) is 115 Å². The van der Waals surface area contributed by atoms with Gasteiger partial charge in [0.2, 0.25) is 0 Å². The molecule has 1 amide bonds. The predicted octanol–water partition coefficient (Wildman–Crippen LogP) is 10.0. The molecule has 0 bridgehead atoms. The molecule has 11 heteroatoms. The van der Waals surface area contributed by atoms with Gasteiger partial charge >= 0.3 is 6.09 Å². The third-order valence-electron chi connectivity index (χ3n) is 11.2. The van der Waals surface area contributed by atoms with Crippen molar-refractivity contribution in [2.45, 2.75) is 99.8 Å². The number of rotatable bonds is 10. The molecule has 0 atom stereocenters. The van der Waals surface area contributed by atoms with Crippen LogP contribution in [0.15, 0.2) is 101 Å². The van der Waals surface area contributed by atoms with E-state index in [1.165, 1.54) is 22.4 Å². The van der Waals surface area contributed by atoms with Crippen molar-refractivity contribution in [3.63, 3.8) is 0 Å². The molecule has 0 unspecified atom stereocenters. The summed E-state index contributed by atoms with van der Waals surface area (Å²) in [6.07, 6.45) is 5.32. The average Bonchev–Trinajstić information content (AvgIpc) is 3.84. The number of hydrogen-bond donors (Lipinski definition) is 2. The summed E-state index contributed by atoms with van der Waals surface area (Å²) in [4.78, 5) is 43.5. The van der Waals surface area contributed by atoms with Crippen LogP contribution in [0.3, 0.4) is 0 Å². The first-order valence-corrected chi connectivity index (χ1v) is 21.0. The number of carbonyl (C=O) groups excluding carboxylic acids is 1. The van der Waals surface area contributed by atoms with Crippen molar-refractivity contribution in [3.8, 4) is 11.4 Å². The van der Waals surface area contributed by atoms with Gasteiger partial charge in [0.1, 0.15) is 6.61 Å². The number of hydrogen-bond acceptors (Lipinski definition) is 7. The maximum absolute atomic E-state index is 14.3. The van der Waals surface area contributed by atoms with Gasteiger partial charge in [-0.25, -0.2) is 10.6 Å². The standard InChI is InChI=1S/C35H39N2O2.C15H21N4O2.Au/c1-20(2)24-15-11-16-25(21(3)4)30(24)36-19-37(31-26(22(5)6)17-12-18-27(31)23(7)8)33-32(36)34(38)28-13-9-10-14-29(28)35(33)39;1-11-8-12(2)14(13(3)9-11)19-5-4-18(10-19)6-7-21-15(20)17-16;/h9-23H,1-8H3;4-5,8-10H,6-7,16H2,1-3H3,(H,17,20);/q2*-1;. The van der Waals surface area contributed by atoms with E-state index in [9.17, 15) is 14.4 Å². The third-order valence-corrected chi connectivity index (χ3v) is 11.2. The Morgan fingerprint density at radius 2 is 1.08 bits per heavy atom. The van der Waals surface area contributed by atoms with Crippen molar-refractivity contribution in [3.05, 3.63) is 168 Å². The summed E-state index contributed by atoms with van der Waals surface area (Å²) in [5.74, 6) is 5.89. The van der Waals surface area contributed by atoms with Gasteiger partial charge in [0.25, 0.3) is 0 Å². The fourth-order valence-corrected chi connectivity index (χ4v) is 8.47. The molecule has 2 aliphatic heterocycles. The van der Waals surface area contributed by atoms with Crippen LogP contribution in [0.25, 0.3) is 22.1 Å². The summed E-state index contributed by atoms with van der Waals surface area (Å²) < 4.78 is 8.92. The molecule has 2 heterocycles. The van der Waals surface area contributed by atoms with E-state index in [1.54, 1.807) is 12.1 Å². The Labute approximate surface area is 375 Å². The minimum absolute atomic E-state index is 0. The van der Waals surface area contributed by atoms with Gasteiger partial charge in [-0.3, -0.25) is 15.0 Å². The van der Waals surface area contributed by atoms with Crippen LogP contribution in [0.4, 0.5) is 10.5 Å². The van der Waals surface area contributed by atoms with Crippen LogP contribution in [0.2, 0.25) is 0 Å². The summed E-state index contributed by atoms with van der Waals surface area (Å²) in [7, 11) is 0. The zero-order valence-electron chi connectivity index (χ0n) is 37.3. The van der Waals surface area contributed by atoms with Gasteiger partial charge in [0.15, 0.2) is 10.9 Å². The Hall–Kier alpha value is -5.26. The van der Waals surface area contributed by atoms with Crippen molar-refractivity contribution in [2.24, 2.45) is 5.84 Å². The zero-order chi connectivity index (χ0) is 43.6. The predicted molar refractivity (Wildman–Crippen MR) is 244 cm³/mol. The molecule has 4 aromatic rings. The number of anilines is 1. The quantitative estimate of drug-likeness (QED) is 0.0462. The van der Waals surface area contributed by atoms with Gasteiger partial charge in [0, 0.05) is 62.4 Å². The molecule has 327 valence electrons. The molecule has 0 fully saturated rings. The zero-order valence-corrected chi connectivity index (χ0v) is 39.4. The van der Waals surface area contributed by atoms with Crippen LogP contribution in [-0.4, -0.2) is 33.3 Å². The molecule has 1 radical (unpaired) electrons. The number of aryl methyl sites for hydroxylation is 3. The van der Waals surface area contributed by atoms with E-state index in [0.29, 0.717) is 28.0 Å². The maximum atomic E-state index is 14.3. The average molecular weight is 1010 g/mol. The molecule has 3 aliphatic rings. The molecule has 61 heavy (non-hydrogen) atoms. The van der Waals surface area contributed by atoms with E-state index in [2.05, 4.69) is 130 Å². The van der Waals surface area contributed by atoms with Gasteiger partial charge in [-0.15, -0.1) is 0 Å². The van der Waals surface area contributed by atoms with E-state index in [1.807, 2.05) is 57.0 Å². The molecule has 4 aromatic carbocycles. The smallest absolute Gasteiger partial charge is 0.421 e. The van der Waals surface area contributed by atoms with E-state index in [-0.39, 0.29) is 63.5 Å². The number of benzene rings is 4. The Morgan fingerprint density at radius 1 is 0.656 bits per heavy atom. The fourth-order valence-electron chi connectivity index (χ4n) is 8.47. The van der Waals surface area contributed by atoms with Gasteiger partial charge in [-0.1, -0.05) is 156 Å². The van der Waals surface area contributed by atoms with Gasteiger partial charge < -0.3 is 23.7 Å². The Kier molecular flexibility index (Phi) is 15.1. The number of para-hydroxylation sites is 2. The molecular weight excluding hydrogens is 946 g/mol. The minimum Gasteiger partial charge on any atom is -0.505 e. The van der Waals surface area contributed by atoms with E-state index >= 15 is 0 Å². The summed E-state index contributed by atoms with van der Waals surface area (Å²) in [6, 6.07) is 24.4. The van der Waals surface area contributed by atoms with Crippen LogP contribution in [0, 0.1) is 38.1 Å². The molecule has 0 spiro atoms. The van der Waals surface area contributed by atoms with Gasteiger partial charge in [-0.05, 0) is 79.3 Å². The monoisotopic (exact) mass is 1010 g/mol. The van der Waals surface area contributed by atoms with Crippen molar-refractivity contribution in [2.75, 3.05) is 18.1 Å². The number of aromatic nitrogens is 2. The first kappa shape index (κ1) is 46.8. The van der Waals surface area contributed by atoms with Gasteiger partial charge in [-0.2, -0.15) is 6.67 Å². The first-order valence-electron chi connectivity index (χ1n) is 21.0. The molecule has 10 nitrogen and oxygen atoms in total. The number of carbonyl (C=O) groups is 1. The number of amides is 1. The SMILES string of the molecule is CC(C)c1cccc(C(C)C)c1-n1[cH-]n(-c2c(C(C)C)cccc2C(C)C)c2c(=O)c3ccccc3c(=O)c1=2.Cc1cc(C)c(N2C=CN(CCOC(=O)NN)[CH-]2)c(C)c1.[Au]. The van der Waals surface area contributed by atoms with E-state index in [4.69, 9.17) is 10.6 Å². The summed E-state index contributed by atoms with van der Waals surface area (Å²) in [6.45, 7) is 26.6. The van der Waals surface area contributed by atoms with Crippen molar-refractivity contribution >= 4 is 22.6 Å².